The van der Waals surface area contributed by atoms with Crippen molar-refractivity contribution in [2.45, 2.75) is 25.8 Å². The Morgan fingerprint density at radius 2 is 2.29 bits per heavy atom. The van der Waals surface area contributed by atoms with Gasteiger partial charge in [0, 0.05) is 6.04 Å². The first kappa shape index (κ1) is 10.6. The number of aromatic hydroxyl groups is 1. The van der Waals surface area contributed by atoms with Crippen molar-refractivity contribution in [3.05, 3.63) is 29.3 Å². The molecule has 1 rings (SSSR count). The lowest BCUT2D eigenvalue weighted by Crippen LogP contribution is -2.11. The van der Waals surface area contributed by atoms with Gasteiger partial charge in [-0.2, -0.15) is 5.26 Å². The van der Waals surface area contributed by atoms with Gasteiger partial charge in [-0.3, -0.25) is 0 Å². The minimum atomic E-state index is -0.304. The van der Waals surface area contributed by atoms with Crippen molar-refractivity contribution >= 4 is 0 Å². The lowest BCUT2D eigenvalue weighted by Gasteiger charge is -2.13. The van der Waals surface area contributed by atoms with E-state index in [2.05, 4.69) is 0 Å². The number of benzene rings is 1. The Hall–Kier alpha value is -1.53. The molecule has 3 N–H and O–H groups in total. The molecule has 0 spiro atoms. The van der Waals surface area contributed by atoms with Crippen LogP contribution in [0.25, 0.3) is 0 Å². The first-order chi connectivity index (χ1) is 6.70. The summed E-state index contributed by atoms with van der Waals surface area (Å²) in [5.41, 5.74) is 7.53. The van der Waals surface area contributed by atoms with Crippen LogP contribution in [-0.4, -0.2) is 5.11 Å². The lowest BCUT2D eigenvalue weighted by atomic mass is 9.97. The largest absolute Gasteiger partial charge is 0.508 e. The fourth-order valence-electron chi connectivity index (χ4n) is 1.53. The molecule has 0 radical (unpaired) electrons. The van der Waals surface area contributed by atoms with E-state index in [1.54, 1.807) is 12.1 Å². The van der Waals surface area contributed by atoms with E-state index in [0.717, 1.165) is 17.5 Å². The predicted octanol–water partition coefficient (Wildman–Crippen LogP) is 1.87. The molecule has 74 valence electrons. The number of phenolic OH excluding ortho intramolecular Hbond substituents is 1. The van der Waals surface area contributed by atoms with E-state index < -0.39 is 0 Å². The molecule has 0 aromatic heterocycles. The molecule has 0 heterocycles. The Kier molecular flexibility index (Phi) is 3.49. The van der Waals surface area contributed by atoms with Crippen LogP contribution in [0.4, 0.5) is 0 Å². The quantitative estimate of drug-likeness (QED) is 0.764. The maximum Gasteiger partial charge on any atom is 0.119 e. The Balaban J connectivity index is 3.08. The van der Waals surface area contributed by atoms with Crippen molar-refractivity contribution in [2.24, 2.45) is 5.73 Å². The molecule has 0 saturated carbocycles. The minimum Gasteiger partial charge on any atom is -0.508 e. The van der Waals surface area contributed by atoms with Gasteiger partial charge in [-0.25, -0.2) is 0 Å². The van der Waals surface area contributed by atoms with Gasteiger partial charge in [-0.05, 0) is 23.6 Å². The first-order valence-electron chi connectivity index (χ1n) is 4.64. The summed E-state index contributed by atoms with van der Waals surface area (Å²) >= 11 is 0. The van der Waals surface area contributed by atoms with E-state index in [1.807, 2.05) is 19.1 Å². The Morgan fingerprint density at radius 3 is 2.86 bits per heavy atom. The number of rotatable bonds is 3. The van der Waals surface area contributed by atoms with Crippen LogP contribution >= 0.6 is 0 Å². The topological polar surface area (TPSA) is 70.0 Å². The summed E-state index contributed by atoms with van der Waals surface area (Å²) in [5, 5.41) is 18.1. The van der Waals surface area contributed by atoms with E-state index in [-0.39, 0.29) is 18.2 Å². The molecule has 3 heteroatoms. The van der Waals surface area contributed by atoms with Gasteiger partial charge in [0.15, 0.2) is 0 Å². The molecule has 0 aliphatic heterocycles. The van der Waals surface area contributed by atoms with Crippen LogP contribution in [0.1, 0.15) is 30.5 Å². The number of hydrogen-bond acceptors (Lipinski definition) is 3. The molecule has 1 unspecified atom stereocenters. The van der Waals surface area contributed by atoms with Crippen LogP contribution in [0.3, 0.4) is 0 Å². The third-order valence-corrected chi connectivity index (χ3v) is 2.25. The zero-order chi connectivity index (χ0) is 10.6. The van der Waals surface area contributed by atoms with Gasteiger partial charge >= 0.3 is 0 Å². The Bertz CT molecular complexity index is 355. The number of phenols is 1. The molecule has 3 nitrogen and oxygen atoms in total. The summed E-state index contributed by atoms with van der Waals surface area (Å²) in [6.07, 6.45) is 0.998. The summed E-state index contributed by atoms with van der Waals surface area (Å²) < 4.78 is 0. The van der Waals surface area contributed by atoms with Crippen LogP contribution in [-0.2, 0) is 6.42 Å². The van der Waals surface area contributed by atoms with Crippen LogP contribution in [0.5, 0.6) is 5.75 Å². The molecule has 0 amide bonds. The summed E-state index contributed by atoms with van der Waals surface area (Å²) in [6.45, 7) is 1.96. The third-order valence-electron chi connectivity index (χ3n) is 2.25. The highest BCUT2D eigenvalue weighted by atomic mass is 16.3. The van der Waals surface area contributed by atoms with E-state index in [0.29, 0.717) is 0 Å². The first-order valence-corrected chi connectivity index (χ1v) is 4.64. The van der Waals surface area contributed by atoms with Gasteiger partial charge in [-0.15, -0.1) is 0 Å². The molecule has 1 atom stereocenters. The van der Waals surface area contributed by atoms with E-state index in [4.69, 9.17) is 11.0 Å². The Morgan fingerprint density at radius 1 is 1.57 bits per heavy atom. The second-order valence-electron chi connectivity index (χ2n) is 3.17. The van der Waals surface area contributed by atoms with E-state index in [1.165, 1.54) is 0 Å². The van der Waals surface area contributed by atoms with Gasteiger partial charge in [0.2, 0.25) is 0 Å². The average Bonchev–Trinajstić information content (AvgIpc) is 2.17. The van der Waals surface area contributed by atoms with Gasteiger partial charge in [0.05, 0.1) is 12.5 Å². The molecule has 0 bridgehead atoms. The summed E-state index contributed by atoms with van der Waals surface area (Å²) in [4.78, 5) is 0. The molecule has 14 heavy (non-hydrogen) atoms. The van der Waals surface area contributed by atoms with Crippen molar-refractivity contribution in [2.75, 3.05) is 0 Å². The molecule has 1 aromatic carbocycles. The summed E-state index contributed by atoms with van der Waals surface area (Å²) in [6, 6.07) is 6.98. The summed E-state index contributed by atoms with van der Waals surface area (Å²) in [7, 11) is 0. The standard InChI is InChI=1S/C11H14N2O/c1-2-8-9(10(13)6-7-12)4-3-5-11(8)14/h3-5,10,14H,2,6,13H2,1H3. The van der Waals surface area contributed by atoms with Crippen molar-refractivity contribution in [3.63, 3.8) is 0 Å². The van der Waals surface area contributed by atoms with Crippen LogP contribution in [0.15, 0.2) is 18.2 Å². The van der Waals surface area contributed by atoms with Crippen molar-refractivity contribution in [1.82, 2.24) is 0 Å². The average molecular weight is 190 g/mol. The highest BCUT2D eigenvalue weighted by Crippen LogP contribution is 2.26. The highest BCUT2D eigenvalue weighted by molar-refractivity contribution is 5.41. The number of nitrogens with zero attached hydrogens (tertiary/aromatic N) is 1. The van der Waals surface area contributed by atoms with Gasteiger partial charge in [0.25, 0.3) is 0 Å². The normalized spacial score (nSPS) is 12.1. The zero-order valence-corrected chi connectivity index (χ0v) is 8.20. The minimum absolute atomic E-state index is 0.262. The second-order valence-corrected chi connectivity index (χ2v) is 3.17. The van der Waals surface area contributed by atoms with Crippen molar-refractivity contribution in [3.8, 4) is 11.8 Å². The predicted molar refractivity (Wildman–Crippen MR) is 54.6 cm³/mol. The highest BCUT2D eigenvalue weighted by Gasteiger charge is 2.12. The molecule has 0 saturated heterocycles. The number of nitriles is 1. The van der Waals surface area contributed by atoms with Gasteiger partial charge in [0.1, 0.15) is 5.75 Å². The number of hydrogen-bond donors (Lipinski definition) is 2. The maximum atomic E-state index is 9.57. The molecular weight excluding hydrogens is 176 g/mol. The third kappa shape index (κ3) is 2.04. The summed E-state index contributed by atoms with van der Waals surface area (Å²) in [5.74, 6) is 0.262. The monoisotopic (exact) mass is 190 g/mol. The molecule has 1 aromatic rings. The van der Waals surface area contributed by atoms with E-state index >= 15 is 0 Å². The van der Waals surface area contributed by atoms with Crippen LogP contribution < -0.4 is 5.73 Å². The molecular formula is C11H14N2O. The molecule has 0 aliphatic rings. The van der Waals surface area contributed by atoms with Crippen molar-refractivity contribution < 1.29 is 5.11 Å². The lowest BCUT2D eigenvalue weighted by molar-refractivity contribution is 0.466. The second kappa shape index (κ2) is 4.64. The smallest absolute Gasteiger partial charge is 0.119 e. The fourth-order valence-corrected chi connectivity index (χ4v) is 1.53. The Labute approximate surface area is 83.8 Å². The molecule has 0 fully saturated rings. The fraction of sp³-hybridized carbons (Fsp3) is 0.364. The zero-order valence-electron chi connectivity index (χ0n) is 8.20. The van der Waals surface area contributed by atoms with Crippen LogP contribution in [0.2, 0.25) is 0 Å². The van der Waals surface area contributed by atoms with Gasteiger partial charge < -0.3 is 10.8 Å². The maximum absolute atomic E-state index is 9.57. The SMILES string of the molecule is CCc1c(O)cccc1C(N)CC#N. The number of nitrogens with two attached hydrogens (primary N) is 1. The van der Waals surface area contributed by atoms with Crippen molar-refractivity contribution in [1.29, 1.82) is 5.26 Å². The van der Waals surface area contributed by atoms with E-state index in [9.17, 15) is 5.11 Å². The van der Waals surface area contributed by atoms with Gasteiger partial charge in [-0.1, -0.05) is 19.1 Å². The molecule has 0 aliphatic carbocycles. The van der Waals surface area contributed by atoms with Crippen LogP contribution in [0, 0.1) is 11.3 Å².